The van der Waals surface area contributed by atoms with Gasteiger partial charge in [0.05, 0.1) is 19.3 Å². The normalized spacial score (nSPS) is 15.2. The molecule has 2 unspecified atom stereocenters. The molecule has 4 heteroatoms. The molecule has 0 amide bonds. The van der Waals surface area contributed by atoms with Crippen LogP contribution in [0.5, 0.6) is 0 Å². The van der Waals surface area contributed by atoms with Crippen molar-refractivity contribution in [1.82, 2.24) is 5.32 Å². The van der Waals surface area contributed by atoms with Crippen LogP contribution in [0.4, 0.5) is 0 Å². The predicted octanol–water partition coefficient (Wildman–Crippen LogP) is 1.16. The number of nitrogens with one attached hydrogen (secondary N) is 1. The fourth-order valence-corrected chi connectivity index (χ4v) is 1.51. The standard InChI is InChI=1S/C13H29NO3/c1-4-12(9-15)14-8-13(16)10-17-7-5-6-11(2)3/h11-16H,4-10H2,1-3H3. The van der Waals surface area contributed by atoms with E-state index in [1.807, 2.05) is 6.92 Å². The van der Waals surface area contributed by atoms with Gasteiger partial charge in [-0.05, 0) is 25.2 Å². The Kier molecular flexibility index (Phi) is 10.9. The van der Waals surface area contributed by atoms with E-state index in [0.29, 0.717) is 25.7 Å². The molecule has 0 spiro atoms. The average Bonchev–Trinajstić information content (AvgIpc) is 2.29. The summed E-state index contributed by atoms with van der Waals surface area (Å²) in [5.41, 5.74) is 0. The molecule has 0 saturated heterocycles. The molecule has 2 atom stereocenters. The zero-order valence-corrected chi connectivity index (χ0v) is 11.5. The molecule has 0 aromatic rings. The largest absolute Gasteiger partial charge is 0.395 e. The maximum Gasteiger partial charge on any atom is 0.0897 e. The quantitative estimate of drug-likeness (QED) is 0.480. The number of hydrogen-bond donors (Lipinski definition) is 3. The van der Waals surface area contributed by atoms with Crippen molar-refractivity contribution < 1.29 is 14.9 Å². The minimum Gasteiger partial charge on any atom is -0.395 e. The number of aliphatic hydroxyl groups excluding tert-OH is 2. The van der Waals surface area contributed by atoms with E-state index in [-0.39, 0.29) is 12.6 Å². The van der Waals surface area contributed by atoms with Crippen LogP contribution >= 0.6 is 0 Å². The van der Waals surface area contributed by atoms with Crippen LogP contribution < -0.4 is 5.32 Å². The Morgan fingerprint density at radius 3 is 2.53 bits per heavy atom. The van der Waals surface area contributed by atoms with Crippen molar-refractivity contribution in [1.29, 1.82) is 0 Å². The van der Waals surface area contributed by atoms with Crippen LogP contribution in [-0.4, -0.2) is 48.7 Å². The van der Waals surface area contributed by atoms with Gasteiger partial charge in [-0.1, -0.05) is 20.8 Å². The fraction of sp³-hybridized carbons (Fsp3) is 1.00. The highest BCUT2D eigenvalue weighted by molar-refractivity contribution is 4.66. The fourth-order valence-electron chi connectivity index (χ4n) is 1.51. The lowest BCUT2D eigenvalue weighted by Crippen LogP contribution is -2.39. The Hall–Kier alpha value is -0.160. The first-order chi connectivity index (χ1) is 8.10. The first-order valence-corrected chi connectivity index (χ1v) is 6.70. The van der Waals surface area contributed by atoms with Crippen molar-refractivity contribution in [2.75, 3.05) is 26.4 Å². The van der Waals surface area contributed by atoms with Gasteiger partial charge in [-0.3, -0.25) is 0 Å². The van der Waals surface area contributed by atoms with Gasteiger partial charge in [0.2, 0.25) is 0 Å². The van der Waals surface area contributed by atoms with Crippen LogP contribution in [-0.2, 0) is 4.74 Å². The molecule has 17 heavy (non-hydrogen) atoms. The van der Waals surface area contributed by atoms with Crippen LogP contribution in [0.3, 0.4) is 0 Å². The van der Waals surface area contributed by atoms with Gasteiger partial charge in [0.25, 0.3) is 0 Å². The smallest absolute Gasteiger partial charge is 0.0897 e. The molecule has 0 bridgehead atoms. The highest BCUT2D eigenvalue weighted by atomic mass is 16.5. The van der Waals surface area contributed by atoms with Gasteiger partial charge in [-0.25, -0.2) is 0 Å². The van der Waals surface area contributed by atoms with Crippen LogP contribution in [0.25, 0.3) is 0 Å². The van der Waals surface area contributed by atoms with E-state index >= 15 is 0 Å². The zero-order valence-electron chi connectivity index (χ0n) is 11.5. The molecule has 0 rings (SSSR count). The Morgan fingerprint density at radius 1 is 1.29 bits per heavy atom. The van der Waals surface area contributed by atoms with Crippen LogP contribution in [0.15, 0.2) is 0 Å². The van der Waals surface area contributed by atoms with E-state index in [1.54, 1.807) is 0 Å². The number of hydrogen-bond acceptors (Lipinski definition) is 4. The maximum absolute atomic E-state index is 9.63. The molecule has 0 aliphatic heterocycles. The average molecular weight is 247 g/mol. The molecular formula is C13H29NO3. The lowest BCUT2D eigenvalue weighted by molar-refractivity contribution is 0.0323. The topological polar surface area (TPSA) is 61.7 Å². The second-order valence-corrected chi connectivity index (χ2v) is 4.96. The highest BCUT2D eigenvalue weighted by Crippen LogP contribution is 2.03. The maximum atomic E-state index is 9.63. The molecule has 0 aromatic heterocycles. The van der Waals surface area contributed by atoms with Gasteiger partial charge in [0.15, 0.2) is 0 Å². The summed E-state index contributed by atoms with van der Waals surface area (Å²) in [5.74, 6) is 0.708. The van der Waals surface area contributed by atoms with Gasteiger partial charge < -0.3 is 20.3 Å². The third-order valence-electron chi connectivity index (χ3n) is 2.74. The van der Waals surface area contributed by atoms with Gasteiger partial charge in [0, 0.05) is 19.2 Å². The molecule has 0 fully saturated rings. The van der Waals surface area contributed by atoms with E-state index < -0.39 is 6.10 Å². The van der Waals surface area contributed by atoms with Gasteiger partial charge in [-0.2, -0.15) is 0 Å². The van der Waals surface area contributed by atoms with Crippen molar-refractivity contribution >= 4 is 0 Å². The molecule has 0 saturated carbocycles. The van der Waals surface area contributed by atoms with Crippen molar-refractivity contribution in [3.63, 3.8) is 0 Å². The summed E-state index contributed by atoms with van der Waals surface area (Å²) in [7, 11) is 0. The van der Waals surface area contributed by atoms with Gasteiger partial charge in [0.1, 0.15) is 0 Å². The van der Waals surface area contributed by atoms with Crippen molar-refractivity contribution in [2.45, 2.75) is 52.2 Å². The lowest BCUT2D eigenvalue weighted by Gasteiger charge is -2.17. The number of ether oxygens (including phenoxy) is 1. The van der Waals surface area contributed by atoms with E-state index in [0.717, 1.165) is 19.3 Å². The highest BCUT2D eigenvalue weighted by Gasteiger charge is 2.08. The first kappa shape index (κ1) is 16.8. The number of aliphatic hydroxyl groups is 2. The Labute approximate surface area is 105 Å². The van der Waals surface area contributed by atoms with Gasteiger partial charge >= 0.3 is 0 Å². The SMILES string of the molecule is CCC(CO)NCC(O)COCCCC(C)C. The summed E-state index contributed by atoms with van der Waals surface area (Å²) in [6.07, 6.45) is 2.58. The predicted molar refractivity (Wildman–Crippen MR) is 70.1 cm³/mol. The summed E-state index contributed by atoms with van der Waals surface area (Å²) in [6, 6.07) is 0.0746. The zero-order chi connectivity index (χ0) is 13.1. The van der Waals surface area contributed by atoms with Crippen LogP contribution in [0, 0.1) is 5.92 Å². The Balaban J connectivity index is 3.37. The molecule has 0 radical (unpaired) electrons. The third kappa shape index (κ3) is 10.7. The van der Waals surface area contributed by atoms with Gasteiger partial charge in [-0.15, -0.1) is 0 Å². The van der Waals surface area contributed by atoms with E-state index in [4.69, 9.17) is 9.84 Å². The van der Waals surface area contributed by atoms with Crippen LogP contribution in [0.1, 0.15) is 40.0 Å². The molecule has 0 heterocycles. The Bertz CT molecular complexity index is 161. The molecule has 4 nitrogen and oxygen atoms in total. The molecular weight excluding hydrogens is 218 g/mol. The van der Waals surface area contributed by atoms with E-state index in [2.05, 4.69) is 19.2 Å². The summed E-state index contributed by atoms with van der Waals surface area (Å²) < 4.78 is 5.39. The minimum absolute atomic E-state index is 0.0746. The van der Waals surface area contributed by atoms with Crippen molar-refractivity contribution in [3.8, 4) is 0 Å². The van der Waals surface area contributed by atoms with E-state index in [1.165, 1.54) is 0 Å². The van der Waals surface area contributed by atoms with Crippen LogP contribution in [0.2, 0.25) is 0 Å². The summed E-state index contributed by atoms with van der Waals surface area (Å²) in [6.45, 7) is 8.06. The monoisotopic (exact) mass is 247 g/mol. The molecule has 104 valence electrons. The van der Waals surface area contributed by atoms with Crippen molar-refractivity contribution in [2.24, 2.45) is 5.92 Å². The lowest BCUT2D eigenvalue weighted by atomic mass is 10.1. The van der Waals surface area contributed by atoms with E-state index in [9.17, 15) is 5.11 Å². The third-order valence-corrected chi connectivity index (χ3v) is 2.74. The van der Waals surface area contributed by atoms with Crippen molar-refractivity contribution in [3.05, 3.63) is 0 Å². The summed E-state index contributed by atoms with van der Waals surface area (Å²) in [4.78, 5) is 0. The minimum atomic E-state index is -0.491. The molecule has 0 aliphatic carbocycles. The summed E-state index contributed by atoms with van der Waals surface area (Å²) >= 11 is 0. The first-order valence-electron chi connectivity index (χ1n) is 6.70. The summed E-state index contributed by atoms with van der Waals surface area (Å²) in [5, 5.41) is 21.7. The second kappa shape index (κ2) is 11.0. The molecule has 3 N–H and O–H groups in total. The second-order valence-electron chi connectivity index (χ2n) is 4.96. The number of rotatable bonds is 11. The Morgan fingerprint density at radius 2 is 2.00 bits per heavy atom. The molecule has 0 aliphatic rings. The molecule has 0 aromatic carbocycles.